The van der Waals surface area contributed by atoms with Gasteiger partial charge in [0.2, 0.25) is 0 Å². The molecule has 0 rings (SSSR count). The molecule has 0 aromatic rings. The molecule has 8 heteroatoms. The molecule has 0 amide bonds. The van der Waals surface area contributed by atoms with Crippen molar-refractivity contribution in [2.24, 2.45) is 0 Å². The van der Waals surface area contributed by atoms with E-state index in [2.05, 4.69) is 0 Å². The minimum atomic E-state index is -3.80. The highest BCUT2D eigenvalue weighted by atomic mass is 31.2. The van der Waals surface area contributed by atoms with Crippen molar-refractivity contribution < 1.29 is 28.0 Å². The topological polar surface area (TPSA) is 95.9 Å². The summed E-state index contributed by atoms with van der Waals surface area (Å²) in [6.07, 6.45) is 0.260. The maximum Gasteiger partial charge on any atom is 0.330 e. The summed E-state index contributed by atoms with van der Waals surface area (Å²) in [5.41, 5.74) is -1.03. The molecule has 1 N–H and O–H groups in total. The van der Waals surface area contributed by atoms with Gasteiger partial charge in [-0.05, 0) is 6.42 Å². The first-order valence-corrected chi connectivity index (χ1v) is 8.77. The van der Waals surface area contributed by atoms with E-state index in [-0.39, 0.29) is 19.6 Å². The average Bonchev–Trinajstić information content (AvgIpc) is 2.16. The van der Waals surface area contributed by atoms with Crippen LogP contribution in [0.4, 0.5) is 0 Å². The van der Waals surface area contributed by atoms with E-state index in [0.717, 1.165) is 0 Å². The van der Waals surface area contributed by atoms with Crippen LogP contribution in [-0.4, -0.2) is 29.4 Å². The molecule has 0 aromatic carbocycles. The van der Waals surface area contributed by atoms with Crippen molar-refractivity contribution in [2.75, 3.05) is 13.2 Å². The predicted molar refractivity (Wildman–Crippen MR) is 64.2 cm³/mol. The molecule has 0 aromatic heterocycles. The Morgan fingerprint density at radius 1 is 1.06 bits per heavy atom. The average molecular weight is 287 g/mol. The third kappa shape index (κ3) is 6.70. The first-order chi connectivity index (χ1) is 7.59. The monoisotopic (exact) mass is 287 g/mol. The smallest absolute Gasteiger partial charge is 0.330 e. The minimum absolute atomic E-state index is 0.00402. The lowest BCUT2D eigenvalue weighted by Gasteiger charge is -2.27. The molecule has 17 heavy (non-hydrogen) atoms. The summed E-state index contributed by atoms with van der Waals surface area (Å²) < 4.78 is 32.1. The number of hydrogen-bond acceptors (Lipinski definition) is 5. The zero-order chi connectivity index (χ0) is 13.7. The molecular formula is C9H21O6P2-. The van der Waals surface area contributed by atoms with E-state index in [1.54, 1.807) is 13.8 Å². The predicted octanol–water partition coefficient (Wildman–Crippen LogP) is 1.97. The number of hydrogen-bond donors (Lipinski definition) is 1. The maximum atomic E-state index is 11.4. The van der Waals surface area contributed by atoms with Crippen LogP contribution < -0.4 is 4.89 Å². The van der Waals surface area contributed by atoms with Gasteiger partial charge in [-0.1, -0.05) is 27.7 Å². The lowest BCUT2D eigenvalue weighted by atomic mass is 10.5. The lowest BCUT2D eigenvalue weighted by Crippen LogP contribution is -2.15. The SMILES string of the molecule is CC(C)P(=O)([O-])OCCCOP(=O)(O)C(C)C. The Morgan fingerprint density at radius 3 is 1.94 bits per heavy atom. The zero-order valence-corrected chi connectivity index (χ0v) is 12.4. The Morgan fingerprint density at radius 2 is 1.53 bits per heavy atom. The van der Waals surface area contributed by atoms with Gasteiger partial charge in [-0.15, -0.1) is 0 Å². The summed E-state index contributed by atoms with van der Waals surface area (Å²) >= 11 is 0. The Kier molecular flexibility index (Phi) is 7.15. The molecule has 0 heterocycles. The van der Waals surface area contributed by atoms with Gasteiger partial charge in [0.25, 0.3) is 0 Å². The van der Waals surface area contributed by atoms with Crippen LogP contribution in [0.3, 0.4) is 0 Å². The van der Waals surface area contributed by atoms with Crippen LogP contribution in [0.15, 0.2) is 0 Å². The quantitative estimate of drug-likeness (QED) is 0.541. The summed E-state index contributed by atoms with van der Waals surface area (Å²) in [5.74, 6) is 0. The first-order valence-electron chi connectivity index (χ1n) is 5.52. The van der Waals surface area contributed by atoms with Crippen molar-refractivity contribution >= 4 is 15.2 Å². The van der Waals surface area contributed by atoms with Gasteiger partial charge in [0, 0.05) is 5.66 Å². The van der Waals surface area contributed by atoms with E-state index >= 15 is 0 Å². The molecule has 104 valence electrons. The van der Waals surface area contributed by atoms with Crippen molar-refractivity contribution in [3.05, 3.63) is 0 Å². The van der Waals surface area contributed by atoms with Crippen LogP contribution in [0.2, 0.25) is 0 Å². The van der Waals surface area contributed by atoms with Crippen molar-refractivity contribution in [1.29, 1.82) is 0 Å². The molecule has 0 fully saturated rings. The second-order valence-electron chi connectivity index (χ2n) is 4.31. The van der Waals surface area contributed by atoms with Gasteiger partial charge in [0.05, 0.1) is 18.9 Å². The van der Waals surface area contributed by atoms with Crippen molar-refractivity contribution in [1.82, 2.24) is 0 Å². The highest BCUT2D eigenvalue weighted by Crippen LogP contribution is 2.47. The van der Waals surface area contributed by atoms with Gasteiger partial charge in [-0.25, -0.2) is 0 Å². The van der Waals surface area contributed by atoms with Gasteiger partial charge in [-0.3, -0.25) is 4.57 Å². The van der Waals surface area contributed by atoms with Crippen LogP contribution in [0.1, 0.15) is 34.1 Å². The highest BCUT2D eigenvalue weighted by molar-refractivity contribution is 7.53. The number of rotatable bonds is 8. The molecule has 0 saturated heterocycles. The molecule has 0 radical (unpaired) electrons. The van der Waals surface area contributed by atoms with E-state index in [0.29, 0.717) is 0 Å². The van der Waals surface area contributed by atoms with Crippen LogP contribution in [0.25, 0.3) is 0 Å². The third-order valence-electron chi connectivity index (χ3n) is 2.12. The summed E-state index contributed by atoms with van der Waals surface area (Å²) in [6.45, 7) is 6.21. The first kappa shape index (κ1) is 17.3. The third-order valence-corrected chi connectivity index (χ3v) is 5.79. The van der Waals surface area contributed by atoms with E-state index < -0.39 is 26.5 Å². The molecular weight excluding hydrogens is 266 g/mol. The normalized spacial score (nSPS) is 19.3. The molecule has 2 atom stereocenters. The summed E-state index contributed by atoms with van der Waals surface area (Å²) in [4.78, 5) is 20.6. The van der Waals surface area contributed by atoms with E-state index in [9.17, 15) is 18.9 Å². The van der Waals surface area contributed by atoms with Crippen LogP contribution in [-0.2, 0) is 18.2 Å². The van der Waals surface area contributed by atoms with Gasteiger partial charge < -0.3 is 23.4 Å². The largest absolute Gasteiger partial charge is 0.778 e. The minimum Gasteiger partial charge on any atom is -0.778 e. The van der Waals surface area contributed by atoms with Gasteiger partial charge >= 0.3 is 7.60 Å². The van der Waals surface area contributed by atoms with E-state index in [4.69, 9.17) is 9.05 Å². The van der Waals surface area contributed by atoms with E-state index in [1.807, 2.05) is 0 Å². The highest BCUT2D eigenvalue weighted by Gasteiger charge is 2.23. The standard InChI is InChI=1S/C9H22O6P2/c1-8(2)16(10,11)14-6-5-7-15-17(12,13)9(3)4/h8-9H,5-7H2,1-4H3,(H,10,11)(H,12,13)/p-1. The zero-order valence-electron chi connectivity index (χ0n) is 10.7. The summed E-state index contributed by atoms with van der Waals surface area (Å²) in [7, 11) is -7.37. The molecule has 2 unspecified atom stereocenters. The summed E-state index contributed by atoms with van der Waals surface area (Å²) in [5, 5.41) is 0. The Balaban J connectivity index is 3.82. The van der Waals surface area contributed by atoms with Crippen molar-refractivity contribution in [3.8, 4) is 0 Å². The second-order valence-corrected chi connectivity index (χ2v) is 9.10. The van der Waals surface area contributed by atoms with Gasteiger partial charge in [0.1, 0.15) is 7.60 Å². The maximum absolute atomic E-state index is 11.4. The molecule has 0 spiro atoms. The fraction of sp³-hybridized carbons (Fsp3) is 1.00. The Labute approximate surface area is 102 Å². The van der Waals surface area contributed by atoms with E-state index in [1.165, 1.54) is 13.8 Å². The molecule has 0 aliphatic heterocycles. The fourth-order valence-corrected chi connectivity index (χ4v) is 2.11. The second kappa shape index (κ2) is 7.03. The Hall–Kier alpha value is 0.300. The lowest BCUT2D eigenvalue weighted by molar-refractivity contribution is -0.200. The van der Waals surface area contributed by atoms with Crippen molar-refractivity contribution in [2.45, 2.75) is 45.4 Å². The molecule has 0 bridgehead atoms. The molecule has 0 saturated carbocycles. The van der Waals surface area contributed by atoms with Crippen LogP contribution >= 0.6 is 15.2 Å². The molecule has 0 aliphatic carbocycles. The Bertz CT molecular complexity index is 285. The van der Waals surface area contributed by atoms with Crippen molar-refractivity contribution in [3.63, 3.8) is 0 Å². The molecule has 0 aliphatic rings. The van der Waals surface area contributed by atoms with Gasteiger partial charge in [-0.2, -0.15) is 0 Å². The summed E-state index contributed by atoms with van der Waals surface area (Å²) in [6, 6.07) is 0. The fourth-order valence-electron chi connectivity index (χ4n) is 0.744. The van der Waals surface area contributed by atoms with Gasteiger partial charge in [0.15, 0.2) is 0 Å². The van der Waals surface area contributed by atoms with Crippen LogP contribution in [0, 0.1) is 0 Å². The molecule has 6 nitrogen and oxygen atoms in total. The van der Waals surface area contributed by atoms with Crippen LogP contribution in [0.5, 0.6) is 0 Å².